The van der Waals surface area contributed by atoms with Gasteiger partial charge in [-0.1, -0.05) is 36.4 Å². The summed E-state index contributed by atoms with van der Waals surface area (Å²) in [6.07, 6.45) is 1.92. The number of hydrogen-bond acceptors (Lipinski definition) is 2. The minimum atomic E-state index is 0.0603. The number of ketones is 1. The SMILES string of the molecule is Cc1ccccc1C=C1COc2ccccc2C1=O. The first-order chi connectivity index (χ1) is 9.25. The summed E-state index contributed by atoms with van der Waals surface area (Å²) in [4.78, 5) is 12.4. The summed E-state index contributed by atoms with van der Waals surface area (Å²) in [7, 11) is 0. The summed E-state index contributed by atoms with van der Waals surface area (Å²) in [6.45, 7) is 2.37. The minimum Gasteiger partial charge on any atom is -0.488 e. The molecule has 0 unspecified atom stereocenters. The Labute approximate surface area is 112 Å². The van der Waals surface area contributed by atoms with E-state index in [1.165, 1.54) is 0 Å². The van der Waals surface area contributed by atoms with Crippen LogP contribution in [-0.2, 0) is 0 Å². The molecule has 0 spiro atoms. The van der Waals surface area contributed by atoms with E-state index >= 15 is 0 Å². The van der Waals surface area contributed by atoms with Crippen LogP contribution in [-0.4, -0.2) is 12.4 Å². The average molecular weight is 250 g/mol. The molecule has 0 saturated carbocycles. The molecular weight excluding hydrogens is 236 g/mol. The fourth-order valence-corrected chi connectivity index (χ4v) is 2.22. The van der Waals surface area contributed by atoms with Gasteiger partial charge in [-0.2, -0.15) is 0 Å². The number of fused-ring (bicyclic) bond motifs is 1. The van der Waals surface area contributed by atoms with E-state index in [4.69, 9.17) is 4.74 Å². The van der Waals surface area contributed by atoms with E-state index in [0.29, 0.717) is 23.5 Å². The molecule has 0 N–H and O–H groups in total. The van der Waals surface area contributed by atoms with Gasteiger partial charge in [-0.15, -0.1) is 0 Å². The maximum Gasteiger partial charge on any atom is 0.196 e. The molecule has 0 aromatic heterocycles. The highest BCUT2D eigenvalue weighted by atomic mass is 16.5. The lowest BCUT2D eigenvalue weighted by atomic mass is 9.97. The summed E-state index contributed by atoms with van der Waals surface area (Å²) in [5.74, 6) is 0.736. The molecule has 0 amide bonds. The van der Waals surface area contributed by atoms with E-state index in [1.807, 2.05) is 61.5 Å². The Morgan fingerprint density at radius 1 is 1.05 bits per heavy atom. The molecule has 1 aliphatic rings. The molecule has 2 nitrogen and oxygen atoms in total. The molecule has 94 valence electrons. The zero-order valence-electron chi connectivity index (χ0n) is 10.7. The van der Waals surface area contributed by atoms with Crippen molar-refractivity contribution in [1.82, 2.24) is 0 Å². The third-order valence-electron chi connectivity index (χ3n) is 3.32. The Kier molecular flexibility index (Phi) is 2.92. The van der Waals surface area contributed by atoms with Crippen LogP contribution in [0.25, 0.3) is 6.08 Å². The number of para-hydroxylation sites is 1. The molecule has 2 aromatic carbocycles. The monoisotopic (exact) mass is 250 g/mol. The van der Waals surface area contributed by atoms with Gasteiger partial charge in [-0.25, -0.2) is 0 Å². The normalized spacial score (nSPS) is 16.1. The Bertz CT molecular complexity index is 668. The second-order valence-corrected chi connectivity index (χ2v) is 4.64. The van der Waals surface area contributed by atoms with Crippen molar-refractivity contribution in [2.24, 2.45) is 0 Å². The Hall–Kier alpha value is -2.35. The van der Waals surface area contributed by atoms with Crippen LogP contribution in [0.5, 0.6) is 5.75 Å². The van der Waals surface area contributed by atoms with Crippen LogP contribution in [0.1, 0.15) is 21.5 Å². The quantitative estimate of drug-likeness (QED) is 0.722. The van der Waals surface area contributed by atoms with E-state index in [-0.39, 0.29) is 5.78 Å². The van der Waals surface area contributed by atoms with Crippen LogP contribution < -0.4 is 4.74 Å². The smallest absolute Gasteiger partial charge is 0.196 e. The number of carbonyl (C=O) groups is 1. The molecular formula is C17H14O2. The number of benzene rings is 2. The second-order valence-electron chi connectivity index (χ2n) is 4.64. The van der Waals surface area contributed by atoms with Crippen molar-refractivity contribution in [2.75, 3.05) is 6.61 Å². The van der Waals surface area contributed by atoms with Crippen molar-refractivity contribution in [3.05, 3.63) is 70.8 Å². The standard InChI is InChI=1S/C17H14O2/c1-12-6-2-3-7-13(12)10-14-11-19-16-9-5-4-8-15(16)17(14)18/h2-10H,11H2,1H3. The molecule has 19 heavy (non-hydrogen) atoms. The highest BCUT2D eigenvalue weighted by Crippen LogP contribution is 2.27. The number of ether oxygens (including phenoxy) is 1. The van der Waals surface area contributed by atoms with Crippen molar-refractivity contribution in [2.45, 2.75) is 6.92 Å². The number of Topliss-reactive ketones (excluding diaryl/α,β-unsaturated/α-hetero) is 1. The summed E-state index contributed by atoms with van der Waals surface area (Å²) >= 11 is 0. The van der Waals surface area contributed by atoms with Crippen LogP contribution in [0.3, 0.4) is 0 Å². The van der Waals surface area contributed by atoms with Gasteiger partial charge >= 0.3 is 0 Å². The predicted molar refractivity (Wildman–Crippen MR) is 75.4 cm³/mol. The maximum absolute atomic E-state index is 12.4. The van der Waals surface area contributed by atoms with Gasteiger partial charge in [0.25, 0.3) is 0 Å². The first-order valence-corrected chi connectivity index (χ1v) is 6.28. The molecule has 0 radical (unpaired) electrons. The highest BCUT2D eigenvalue weighted by molar-refractivity contribution is 6.14. The van der Waals surface area contributed by atoms with Crippen LogP contribution >= 0.6 is 0 Å². The van der Waals surface area contributed by atoms with Crippen molar-refractivity contribution in [3.8, 4) is 5.75 Å². The predicted octanol–water partition coefficient (Wildman–Crippen LogP) is 3.65. The summed E-state index contributed by atoms with van der Waals surface area (Å²) in [6, 6.07) is 15.4. The fourth-order valence-electron chi connectivity index (χ4n) is 2.22. The zero-order chi connectivity index (χ0) is 13.2. The molecule has 0 fully saturated rings. The van der Waals surface area contributed by atoms with Crippen molar-refractivity contribution in [1.29, 1.82) is 0 Å². The number of aryl methyl sites for hydroxylation is 1. The third kappa shape index (κ3) is 2.17. The van der Waals surface area contributed by atoms with E-state index in [9.17, 15) is 4.79 Å². The minimum absolute atomic E-state index is 0.0603. The van der Waals surface area contributed by atoms with Gasteiger partial charge in [0.1, 0.15) is 12.4 Å². The molecule has 0 bridgehead atoms. The Morgan fingerprint density at radius 2 is 1.79 bits per heavy atom. The molecule has 2 aromatic rings. The number of rotatable bonds is 1. The molecule has 0 saturated heterocycles. The Morgan fingerprint density at radius 3 is 2.63 bits per heavy atom. The zero-order valence-corrected chi connectivity index (χ0v) is 10.7. The summed E-state index contributed by atoms with van der Waals surface area (Å²) in [5, 5.41) is 0. The lowest BCUT2D eigenvalue weighted by Gasteiger charge is -2.18. The molecule has 1 heterocycles. The van der Waals surface area contributed by atoms with Gasteiger partial charge < -0.3 is 4.74 Å². The van der Waals surface area contributed by atoms with Crippen LogP contribution in [0, 0.1) is 6.92 Å². The summed E-state index contributed by atoms with van der Waals surface area (Å²) in [5.41, 5.74) is 3.57. The second kappa shape index (κ2) is 4.73. The van der Waals surface area contributed by atoms with E-state index in [2.05, 4.69) is 0 Å². The number of hydrogen-bond donors (Lipinski definition) is 0. The Balaban J connectivity index is 2.01. The lowest BCUT2D eigenvalue weighted by molar-refractivity contribution is 0.100. The largest absolute Gasteiger partial charge is 0.488 e. The van der Waals surface area contributed by atoms with Crippen molar-refractivity contribution in [3.63, 3.8) is 0 Å². The van der Waals surface area contributed by atoms with E-state index in [1.54, 1.807) is 0 Å². The molecule has 3 rings (SSSR count). The molecule has 0 atom stereocenters. The van der Waals surface area contributed by atoms with Crippen molar-refractivity contribution >= 4 is 11.9 Å². The molecule has 2 heteroatoms. The van der Waals surface area contributed by atoms with Crippen LogP contribution in [0.2, 0.25) is 0 Å². The van der Waals surface area contributed by atoms with Gasteiger partial charge in [0.15, 0.2) is 5.78 Å². The number of carbonyl (C=O) groups excluding carboxylic acids is 1. The first kappa shape index (κ1) is 11.7. The average Bonchev–Trinajstić information content (AvgIpc) is 2.44. The van der Waals surface area contributed by atoms with Gasteiger partial charge in [-0.3, -0.25) is 4.79 Å². The van der Waals surface area contributed by atoms with E-state index < -0.39 is 0 Å². The van der Waals surface area contributed by atoms with Crippen molar-refractivity contribution < 1.29 is 9.53 Å². The third-order valence-corrected chi connectivity index (χ3v) is 3.32. The van der Waals surface area contributed by atoms with Gasteiger partial charge in [0.05, 0.1) is 5.56 Å². The topological polar surface area (TPSA) is 26.3 Å². The lowest BCUT2D eigenvalue weighted by Crippen LogP contribution is -2.18. The van der Waals surface area contributed by atoms with Crippen LogP contribution in [0.15, 0.2) is 54.1 Å². The molecule has 1 aliphatic heterocycles. The fraction of sp³-hybridized carbons (Fsp3) is 0.118. The van der Waals surface area contributed by atoms with E-state index in [0.717, 1.165) is 11.1 Å². The first-order valence-electron chi connectivity index (χ1n) is 6.28. The summed E-state index contributed by atoms with van der Waals surface area (Å²) < 4.78 is 5.63. The maximum atomic E-state index is 12.4. The van der Waals surface area contributed by atoms with Gasteiger partial charge in [0.2, 0.25) is 0 Å². The highest BCUT2D eigenvalue weighted by Gasteiger charge is 2.22. The van der Waals surface area contributed by atoms with Gasteiger partial charge in [-0.05, 0) is 36.3 Å². The molecule has 0 aliphatic carbocycles. The van der Waals surface area contributed by atoms with Gasteiger partial charge in [0, 0.05) is 5.57 Å². The van der Waals surface area contributed by atoms with Crippen LogP contribution in [0.4, 0.5) is 0 Å².